The van der Waals surface area contributed by atoms with Gasteiger partial charge in [-0.2, -0.15) is 13.2 Å². The number of alkyl halides is 3. The smallest absolute Gasteiger partial charge is 0.386 e. The number of benzene rings is 2. The molecule has 2 aromatic rings. The van der Waals surface area contributed by atoms with Gasteiger partial charge in [0.2, 0.25) is 5.91 Å². The molecule has 34 heavy (non-hydrogen) atoms. The highest BCUT2D eigenvalue weighted by molar-refractivity contribution is 5.97. The van der Waals surface area contributed by atoms with E-state index in [1.54, 1.807) is 24.3 Å². The normalized spacial score (nSPS) is 11.6. The Bertz CT molecular complexity index is 1090. The summed E-state index contributed by atoms with van der Waals surface area (Å²) in [6.45, 7) is -0.523. The molecule has 2 aromatic carbocycles. The standard InChI is InChI=1S/C21H20F3N5O5/c22-21(23,24)19(33)34-17(31)10-15(12-5-2-1-3-6-12)29-16(30)11-27-18(32)13-7-4-8-14(9-13)28-20(25)26/h1-9,15H,10-11H2,(H,27,32)(H,29,30)(H4,25,26,28). The fraction of sp³-hybridized carbons (Fsp3) is 0.190. The fourth-order valence-corrected chi connectivity index (χ4v) is 2.68. The molecule has 180 valence electrons. The van der Waals surface area contributed by atoms with Crippen molar-refractivity contribution in [3.05, 3.63) is 65.7 Å². The molecule has 6 N–H and O–H groups in total. The van der Waals surface area contributed by atoms with Crippen molar-refractivity contribution >= 4 is 35.4 Å². The van der Waals surface area contributed by atoms with Crippen molar-refractivity contribution in [1.29, 1.82) is 0 Å². The number of nitrogens with one attached hydrogen (secondary N) is 2. The Balaban J connectivity index is 2.02. The summed E-state index contributed by atoms with van der Waals surface area (Å²) < 4.78 is 40.8. The number of carbonyl (C=O) groups excluding carboxylic acids is 4. The van der Waals surface area contributed by atoms with Gasteiger partial charge in [-0.05, 0) is 23.8 Å². The van der Waals surface area contributed by atoms with E-state index in [1.807, 2.05) is 0 Å². The molecule has 2 amide bonds. The summed E-state index contributed by atoms with van der Waals surface area (Å²) >= 11 is 0. The van der Waals surface area contributed by atoms with Crippen LogP contribution in [-0.2, 0) is 19.1 Å². The quantitative estimate of drug-likeness (QED) is 0.191. The van der Waals surface area contributed by atoms with Crippen molar-refractivity contribution in [2.75, 3.05) is 6.54 Å². The van der Waals surface area contributed by atoms with Crippen LogP contribution in [0.1, 0.15) is 28.4 Å². The van der Waals surface area contributed by atoms with Gasteiger partial charge in [-0.1, -0.05) is 36.4 Å². The van der Waals surface area contributed by atoms with Crippen LogP contribution in [0.4, 0.5) is 18.9 Å². The first-order chi connectivity index (χ1) is 16.0. The van der Waals surface area contributed by atoms with E-state index in [1.165, 1.54) is 30.3 Å². The SMILES string of the molecule is NC(N)=Nc1cccc(C(=O)NCC(=O)NC(CC(=O)OC(=O)C(F)(F)F)c2ccccc2)c1. The Morgan fingerprint density at radius 3 is 2.29 bits per heavy atom. The Hall–Kier alpha value is -4.42. The van der Waals surface area contributed by atoms with Gasteiger partial charge in [0.05, 0.1) is 24.7 Å². The van der Waals surface area contributed by atoms with Crippen molar-refractivity contribution in [3.8, 4) is 0 Å². The van der Waals surface area contributed by atoms with E-state index in [2.05, 4.69) is 20.4 Å². The highest BCUT2D eigenvalue weighted by Crippen LogP contribution is 2.20. The molecule has 0 aliphatic rings. The van der Waals surface area contributed by atoms with Gasteiger partial charge < -0.3 is 26.8 Å². The first-order valence-corrected chi connectivity index (χ1v) is 9.59. The molecule has 0 aromatic heterocycles. The maximum Gasteiger partial charge on any atom is 0.491 e. The van der Waals surface area contributed by atoms with Crippen molar-refractivity contribution in [1.82, 2.24) is 10.6 Å². The molecule has 1 atom stereocenters. The predicted molar refractivity (Wildman–Crippen MR) is 113 cm³/mol. The van der Waals surface area contributed by atoms with Crippen molar-refractivity contribution in [2.45, 2.75) is 18.6 Å². The number of amides is 2. The third kappa shape index (κ3) is 8.26. The van der Waals surface area contributed by atoms with Gasteiger partial charge in [0.15, 0.2) is 5.96 Å². The highest BCUT2D eigenvalue weighted by atomic mass is 19.4. The van der Waals surface area contributed by atoms with E-state index in [0.717, 1.165) is 0 Å². The maximum absolute atomic E-state index is 12.4. The Morgan fingerprint density at radius 2 is 1.68 bits per heavy atom. The number of nitrogens with zero attached hydrogens (tertiary/aromatic N) is 1. The summed E-state index contributed by atoms with van der Waals surface area (Å²) in [5.74, 6) is -5.74. The molecule has 0 bridgehead atoms. The van der Waals surface area contributed by atoms with E-state index in [4.69, 9.17) is 11.5 Å². The van der Waals surface area contributed by atoms with E-state index in [0.29, 0.717) is 11.3 Å². The number of esters is 2. The lowest BCUT2D eigenvalue weighted by Crippen LogP contribution is -2.39. The molecular formula is C21H20F3N5O5. The second-order valence-corrected chi connectivity index (χ2v) is 6.76. The molecule has 0 heterocycles. The van der Waals surface area contributed by atoms with Crippen LogP contribution >= 0.6 is 0 Å². The number of aliphatic imine (C=N–C) groups is 1. The minimum absolute atomic E-state index is 0.157. The van der Waals surface area contributed by atoms with Crippen LogP contribution < -0.4 is 22.1 Å². The molecule has 0 radical (unpaired) electrons. The summed E-state index contributed by atoms with van der Waals surface area (Å²) in [4.78, 5) is 51.2. The topological polar surface area (TPSA) is 166 Å². The van der Waals surface area contributed by atoms with E-state index < -0.39 is 48.9 Å². The van der Waals surface area contributed by atoms with Crippen molar-refractivity contribution in [3.63, 3.8) is 0 Å². The van der Waals surface area contributed by atoms with Crippen LogP contribution in [0.25, 0.3) is 0 Å². The minimum atomic E-state index is -5.34. The molecule has 0 saturated heterocycles. The molecule has 13 heteroatoms. The number of ether oxygens (including phenoxy) is 1. The highest BCUT2D eigenvalue weighted by Gasteiger charge is 2.42. The lowest BCUT2D eigenvalue weighted by molar-refractivity contribution is -0.202. The van der Waals surface area contributed by atoms with Crippen LogP contribution in [0.2, 0.25) is 0 Å². The Labute approximate surface area is 191 Å². The third-order valence-corrected chi connectivity index (χ3v) is 4.12. The van der Waals surface area contributed by atoms with Gasteiger partial charge in [-0.25, -0.2) is 9.79 Å². The number of carbonyl (C=O) groups is 4. The molecule has 1 unspecified atom stereocenters. The van der Waals surface area contributed by atoms with Gasteiger partial charge in [0.1, 0.15) is 0 Å². The predicted octanol–water partition coefficient (Wildman–Crippen LogP) is 1.20. The summed E-state index contributed by atoms with van der Waals surface area (Å²) in [6.07, 6.45) is -6.10. The lowest BCUT2D eigenvalue weighted by Gasteiger charge is -2.19. The van der Waals surface area contributed by atoms with Crippen LogP contribution in [0.3, 0.4) is 0 Å². The van der Waals surface area contributed by atoms with E-state index >= 15 is 0 Å². The molecule has 0 fully saturated rings. The van der Waals surface area contributed by atoms with Crippen LogP contribution in [0.5, 0.6) is 0 Å². The molecule has 2 rings (SSSR count). The van der Waals surface area contributed by atoms with Gasteiger partial charge >= 0.3 is 18.1 Å². The van der Waals surface area contributed by atoms with E-state index in [9.17, 15) is 32.3 Å². The van der Waals surface area contributed by atoms with Crippen LogP contribution in [0, 0.1) is 0 Å². The summed E-state index contributed by atoms with van der Waals surface area (Å²) in [6, 6.07) is 12.6. The molecular weight excluding hydrogens is 459 g/mol. The first-order valence-electron chi connectivity index (χ1n) is 9.59. The lowest BCUT2D eigenvalue weighted by atomic mass is 10.0. The van der Waals surface area contributed by atoms with Crippen LogP contribution in [-0.4, -0.2) is 42.4 Å². The Morgan fingerprint density at radius 1 is 1.00 bits per heavy atom. The molecule has 0 spiro atoms. The number of hydrogen-bond donors (Lipinski definition) is 4. The summed E-state index contributed by atoms with van der Waals surface area (Å²) in [5, 5.41) is 4.78. The second kappa shape index (κ2) is 11.4. The average molecular weight is 479 g/mol. The number of nitrogens with two attached hydrogens (primary N) is 2. The number of halogens is 3. The zero-order chi connectivity index (χ0) is 25.3. The Kier molecular flexibility index (Phi) is 8.70. The number of guanidine groups is 1. The average Bonchev–Trinajstić information content (AvgIpc) is 2.76. The molecule has 10 nitrogen and oxygen atoms in total. The second-order valence-electron chi connectivity index (χ2n) is 6.76. The zero-order valence-electron chi connectivity index (χ0n) is 17.5. The van der Waals surface area contributed by atoms with Gasteiger partial charge in [-0.15, -0.1) is 0 Å². The maximum atomic E-state index is 12.4. The summed E-state index contributed by atoms with van der Waals surface area (Å²) in [5.41, 5.74) is 11.4. The fourth-order valence-electron chi connectivity index (χ4n) is 2.68. The van der Waals surface area contributed by atoms with Gasteiger partial charge in [0, 0.05) is 5.56 Å². The zero-order valence-corrected chi connectivity index (χ0v) is 17.5. The summed E-state index contributed by atoms with van der Waals surface area (Å²) in [7, 11) is 0. The first kappa shape index (κ1) is 25.8. The molecule has 0 aliphatic carbocycles. The molecule has 0 aliphatic heterocycles. The molecule has 0 saturated carbocycles. The monoisotopic (exact) mass is 479 g/mol. The van der Waals surface area contributed by atoms with Crippen molar-refractivity contribution < 1.29 is 37.1 Å². The number of rotatable bonds is 8. The minimum Gasteiger partial charge on any atom is -0.386 e. The van der Waals surface area contributed by atoms with Crippen molar-refractivity contribution in [2.24, 2.45) is 16.5 Å². The van der Waals surface area contributed by atoms with Crippen LogP contribution in [0.15, 0.2) is 59.6 Å². The number of hydrogen-bond acceptors (Lipinski definition) is 6. The van der Waals surface area contributed by atoms with Gasteiger partial charge in [0.25, 0.3) is 5.91 Å². The third-order valence-electron chi connectivity index (χ3n) is 4.12. The van der Waals surface area contributed by atoms with E-state index in [-0.39, 0.29) is 11.5 Å². The largest absolute Gasteiger partial charge is 0.491 e. The van der Waals surface area contributed by atoms with Gasteiger partial charge in [-0.3, -0.25) is 14.4 Å².